The average Bonchev–Trinajstić information content (AvgIpc) is 3.21. The van der Waals surface area contributed by atoms with Gasteiger partial charge in [0.25, 0.3) is 0 Å². The molecule has 1 aromatic heterocycles. The van der Waals surface area contributed by atoms with E-state index in [1.807, 2.05) is 6.20 Å². The number of hydrogen-bond acceptors (Lipinski definition) is 2. The quantitative estimate of drug-likeness (QED) is 0.816. The van der Waals surface area contributed by atoms with Gasteiger partial charge >= 0.3 is 0 Å². The number of rotatable bonds is 7. The van der Waals surface area contributed by atoms with Gasteiger partial charge in [0.2, 0.25) is 0 Å². The van der Waals surface area contributed by atoms with Crippen molar-refractivity contribution >= 4 is 10.9 Å². The van der Waals surface area contributed by atoms with Crippen LogP contribution >= 0.6 is 0 Å². The Labute approximate surface area is 118 Å². The van der Waals surface area contributed by atoms with E-state index in [1.165, 1.54) is 24.5 Å². The van der Waals surface area contributed by atoms with E-state index in [0.29, 0.717) is 6.04 Å². The summed E-state index contributed by atoms with van der Waals surface area (Å²) in [5, 5.41) is 4.56. The predicted molar refractivity (Wildman–Crippen MR) is 78.4 cm³/mol. The molecule has 2 N–H and O–H groups in total. The Morgan fingerprint density at radius 3 is 3.05 bits per heavy atom. The van der Waals surface area contributed by atoms with Gasteiger partial charge in [-0.1, -0.05) is 0 Å². The molecule has 4 heteroatoms. The summed E-state index contributed by atoms with van der Waals surface area (Å²) < 4.78 is 18.6. The minimum atomic E-state index is -0.179. The summed E-state index contributed by atoms with van der Waals surface area (Å²) >= 11 is 0. The fourth-order valence-corrected chi connectivity index (χ4v) is 2.79. The molecule has 2 aromatic rings. The third-order valence-electron chi connectivity index (χ3n) is 4.07. The van der Waals surface area contributed by atoms with E-state index >= 15 is 0 Å². The number of ether oxygens (including phenoxy) is 1. The van der Waals surface area contributed by atoms with Gasteiger partial charge in [-0.25, -0.2) is 4.39 Å². The summed E-state index contributed by atoms with van der Waals surface area (Å²) in [6.07, 6.45) is 5.49. The van der Waals surface area contributed by atoms with E-state index in [9.17, 15) is 4.39 Å². The molecular formula is C16H21FN2O. The highest BCUT2D eigenvalue weighted by Crippen LogP contribution is 2.32. The first-order valence-electron chi connectivity index (χ1n) is 7.26. The van der Waals surface area contributed by atoms with E-state index in [2.05, 4.69) is 10.3 Å². The zero-order chi connectivity index (χ0) is 13.9. The highest BCUT2D eigenvalue weighted by molar-refractivity contribution is 5.83. The fraction of sp³-hybridized carbons (Fsp3) is 0.500. The topological polar surface area (TPSA) is 37.0 Å². The molecule has 20 heavy (non-hydrogen) atoms. The number of aromatic amines is 1. The van der Waals surface area contributed by atoms with Gasteiger partial charge in [-0.05, 0) is 55.5 Å². The van der Waals surface area contributed by atoms with Gasteiger partial charge in [-0.2, -0.15) is 0 Å². The summed E-state index contributed by atoms with van der Waals surface area (Å²) in [5.41, 5.74) is 2.16. The van der Waals surface area contributed by atoms with E-state index in [-0.39, 0.29) is 5.82 Å². The van der Waals surface area contributed by atoms with Crippen molar-refractivity contribution in [2.24, 2.45) is 5.92 Å². The molecule has 108 valence electrons. The van der Waals surface area contributed by atoms with Crippen LogP contribution in [0.15, 0.2) is 24.4 Å². The van der Waals surface area contributed by atoms with Crippen molar-refractivity contribution in [1.82, 2.24) is 10.3 Å². The number of methoxy groups -OCH3 is 1. The Morgan fingerprint density at radius 2 is 2.30 bits per heavy atom. The lowest BCUT2D eigenvalue weighted by molar-refractivity contribution is 0.158. The van der Waals surface area contributed by atoms with Crippen LogP contribution < -0.4 is 5.32 Å². The van der Waals surface area contributed by atoms with Crippen LogP contribution in [0.1, 0.15) is 18.4 Å². The molecule has 0 spiro atoms. The summed E-state index contributed by atoms with van der Waals surface area (Å²) in [7, 11) is 1.75. The van der Waals surface area contributed by atoms with Gasteiger partial charge in [0.1, 0.15) is 5.82 Å². The zero-order valence-corrected chi connectivity index (χ0v) is 11.8. The molecule has 0 unspecified atom stereocenters. The van der Waals surface area contributed by atoms with E-state index in [0.717, 1.165) is 36.4 Å². The van der Waals surface area contributed by atoms with Crippen LogP contribution in [-0.2, 0) is 11.2 Å². The Kier molecular flexibility index (Phi) is 4.03. The fourth-order valence-electron chi connectivity index (χ4n) is 2.79. The van der Waals surface area contributed by atoms with Crippen molar-refractivity contribution in [3.05, 3.63) is 35.8 Å². The monoisotopic (exact) mass is 276 g/mol. The minimum absolute atomic E-state index is 0.179. The lowest BCUT2D eigenvalue weighted by atomic mass is 10.1. The molecule has 1 heterocycles. The van der Waals surface area contributed by atoms with Crippen molar-refractivity contribution in [3.8, 4) is 0 Å². The smallest absolute Gasteiger partial charge is 0.123 e. The lowest BCUT2D eigenvalue weighted by Crippen LogP contribution is -2.36. The molecule has 1 aliphatic rings. The highest BCUT2D eigenvalue weighted by Gasteiger charge is 2.30. The first kappa shape index (κ1) is 13.6. The Morgan fingerprint density at radius 1 is 1.45 bits per heavy atom. The summed E-state index contributed by atoms with van der Waals surface area (Å²) in [6.45, 7) is 1.67. The predicted octanol–water partition coefficient (Wildman–Crippen LogP) is 2.86. The van der Waals surface area contributed by atoms with Crippen molar-refractivity contribution in [2.75, 3.05) is 20.3 Å². The molecule has 0 aliphatic heterocycles. The number of benzene rings is 1. The number of H-pyrrole nitrogens is 1. The molecule has 0 saturated heterocycles. The molecule has 1 saturated carbocycles. The number of hydrogen-bond donors (Lipinski definition) is 2. The lowest BCUT2D eigenvalue weighted by Gasteiger charge is -2.17. The third kappa shape index (κ3) is 3.02. The molecular weight excluding hydrogens is 255 g/mol. The van der Waals surface area contributed by atoms with Crippen molar-refractivity contribution in [2.45, 2.75) is 25.3 Å². The van der Waals surface area contributed by atoms with Gasteiger partial charge in [0.15, 0.2) is 0 Å². The second-order valence-corrected chi connectivity index (χ2v) is 5.61. The summed E-state index contributed by atoms with van der Waals surface area (Å²) in [4.78, 5) is 3.19. The van der Waals surface area contributed by atoms with Crippen molar-refractivity contribution in [3.63, 3.8) is 0 Å². The first-order valence-corrected chi connectivity index (χ1v) is 7.26. The van der Waals surface area contributed by atoms with Crippen LogP contribution in [0.25, 0.3) is 10.9 Å². The van der Waals surface area contributed by atoms with Crippen LogP contribution in [0.2, 0.25) is 0 Å². The summed E-state index contributed by atoms with van der Waals surface area (Å²) in [6, 6.07) is 5.35. The van der Waals surface area contributed by atoms with Gasteiger partial charge in [0, 0.05) is 30.3 Å². The van der Waals surface area contributed by atoms with Crippen LogP contribution in [0, 0.1) is 11.7 Å². The van der Waals surface area contributed by atoms with Crippen molar-refractivity contribution in [1.29, 1.82) is 0 Å². The maximum Gasteiger partial charge on any atom is 0.123 e. The molecule has 1 aromatic carbocycles. The second-order valence-electron chi connectivity index (χ2n) is 5.61. The maximum atomic E-state index is 13.3. The van der Waals surface area contributed by atoms with Gasteiger partial charge in [-0.15, -0.1) is 0 Å². The molecule has 3 rings (SSSR count). The Bertz CT molecular complexity index is 577. The largest absolute Gasteiger partial charge is 0.383 e. The van der Waals surface area contributed by atoms with Crippen LogP contribution in [0.3, 0.4) is 0 Å². The highest BCUT2D eigenvalue weighted by atomic mass is 19.1. The second kappa shape index (κ2) is 5.94. The zero-order valence-electron chi connectivity index (χ0n) is 11.8. The van der Waals surface area contributed by atoms with E-state index in [4.69, 9.17) is 4.74 Å². The maximum absolute atomic E-state index is 13.3. The SMILES string of the molecule is COC[C@H](NCCc1c[nH]c2ccc(F)cc12)C1CC1. The molecule has 1 fully saturated rings. The minimum Gasteiger partial charge on any atom is -0.383 e. The molecule has 0 bridgehead atoms. The first-order chi connectivity index (χ1) is 9.78. The number of fused-ring (bicyclic) bond motifs is 1. The molecule has 0 radical (unpaired) electrons. The number of halogens is 1. The van der Waals surface area contributed by atoms with Crippen LogP contribution in [0.4, 0.5) is 4.39 Å². The summed E-state index contributed by atoms with van der Waals surface area (Å²) in [5.74, 6) is 0.594. The molecule has 1 aliphatic carbocycles. The van der Waals surface area contributed by atoms with Crippen molar-refractivity contribution < 1.29 is 9.13 Å². The van der Waals surface area contributed by atoms with Crippen LogP contribution in [0.5, 0.6) is 0 Å². The third-order valence-corrected chi connectivity index (χ3v) is 4.07. The Balaban J connectivity index is 1.60. The average molecular weight is 276 g/mol. The Hall–Kier alpha value is -1.39. The van der Waals surface area contributed by atoms with Crippen LogP contribution in [-0.4, -0.2) is 31.3 Å². The van der Waals surface area contributed by atoms with Gasteiger partial charge < -0.3 is 15.0 Å². The molecule has 1 atom stereocenters. The van der Waals surface area contributed by atoms with E-state index < -0.39 is 0 Å². The number of aromatic nitrogens is 1. The normalized spacial score (nSPS) is 16.7. The number of nitrogens with one attached hydrogen (secondary N) is 2. The van der Waals surface area contributed by atoms with Gasteiger partial charge in [0.05, 0.1) is 6.61 Å². The molecule has 3 nitrogen and oxygen atoms in total. The molecule has 0 amide bonds. The standard InChI is InChI=1S/C16H21FN2O/c1-20-10-16(11-2-3-11)18-7-6-12-9-19-15-5-4-13(17)8-14(12)15/h4-5,8-9,11,16,18-19H,2-3,6-7,10H2,1H3/t16-/m0/s1. The van der Waals surface area contributed by atoms with Gasteiger partial charge in [-0.3, -0.25) is 0 Å². The van der Waals surface area contributed by atoms with E-state index in [1.54, 1.807) is 19.2 Å².